The van der Waals surface area contributed by atoms with Crippen LogP contribution in [0.1, 0.15) is 44.0 Å². The molecule has 0 amide bonds. The van der Waals surface area contributed by atoms with Crippen molar-refractivity contribution in [2.24, 2.45) is 5.92 Å². The molecule has 0 radical (unpaired) electrons. The maximum atomic E-state index is 9.86. The van der Waals surface area contributed by atoms with Crippen molar-refractivity contribution in [1.29, 1.82) is 0 Å². The van der Waals surface area contributed by atoms with E-state index in [9.17, 15) is 5.11 Å². The number of aliphatic hydroxyl groups is 1. The fraction of sp³-hybridized carbons (Fsp3) is 0.692. The average Bonchev–Trinajstić information content (AvgIpc) is 2.85. The molecule has 1 saturated carbocycles. The van der Waals surface area contributed by atoms with E-state index >= 15 is 0 Å². The molecule has 0 saturated heterocycles. The molecule has 1 heterocycles. The summed E-state index contributed by atoms with van der Waals surface area (Å²) in [5.74, 6) is 0.562. The van der Waals surface area contributed by atoms with Crippen LogP contribution in [-0.2, 0) is 0 Å². The summed E-state index contributed by atoms with van der Waals surface area (Å²) in [5, 5.41) is 15.6. The summed E-state index contributed by atoms with van der Waals surface area (Å²) in [6.45, 7) is 4.47. The molecule has 16 heavy (non-hydrogen) atoms. The summed E-state index contributed by atoms with van der Waals surface area (Å²) in [4.78, 5) is 1.38. The first-order chi connectivity index (χ1) is 7.68. The summed E-state index contributed by atoms with van der Waals surface area (Å²) in [6, 6.07) is 4.96. The minimum Gasteiger partial charge on any atom is -0.392 e. The molecule has 0 spiro atoms. The number of aliphatic hydroxyl groups excluding tert-OH is 1. The van der Waals surface area contributed by atoms with E-state index in [4.69, 9.17) is 0 Å². The summed E-state index contributed by atoms with van der Waals surface area (Å²) >= 11 is 1.80. The highest BCUT2D eigenvalue weighted by Gasteiger charge is 2.29. The Kier molecular flexibility index (Phi) is 4.00. The van der Waals surface area contributed by atoms with Crippen molar-refractivity contribution in [2.75, 3.05) is 0 Å². The van der Waals surface area contributed by atoms with Crippen molar-refractivity contribution in [2.45, 2.75) is 51.3 Å². The Balaban J connectivity index is 2.03. The van der Waals surface area contributed by atoms with E-state index in [1.165, 1.54) is 4.88 Å². The number of hydrogen-bond donors (Lipinski definition) is 2. The van der Waals surface area contributed by atoms with Gasteiger partial charge in [0.2, 0.25) is 0 Å². The lowest BCUT2D eigenvalue weighted by atomic mass is 10.0. The lowest BCUT2D eigenvalue weighted by molar-refractivity contribution is 0.138. The van der Waals surface area contributed by atoms with Crippen LogP contribution in [0.15, 0.2) is 17.5 Å². The molecule has 0 bridgehead atoms. The number of nitrogens with one attached hydrogen (secondary N) is 1. The monoisotopic (exact) mass is 239 g/mol. The zero-order valence-electron chi connectivity index (χ0n) is 10.0. The molecule has 2 nitrogen and oxygen atoms in total. The normalized spacial score (nSPS) is 27.5. The Hall–Kier alpha value is -0.380. The van der Waals surface area contributed by atoms with Crippen molar-refractivity contribution in [3.63, 3.8) is 0 Å². The van der Waals surface area contributed by atoms with Crippen LogP contribution in [0, 0.1) is 5.92 Å². The van der Waals surface area contributed by atoms with Gasteiger partial charge in [0.05, 0.1) is 6.10 Å². The molecule has 2 N–H and O–H groups in total. The van der Waals surface area contributed by atoms with Crippen molar-refractivity contribution in [1.82, 2.24) is 5.32 Å². The quantitative estimate of drug-likeness (QED) is 0.846. The van der Waals surface area contributed by atoms with Gasteiger partial charge in [0.1, 0.15) is 0 Å². The molecule has 1 aliphatic rings. The first-order valence-electron chi connectivity index (χ1n) is 6.16. The van der Waals surface area contributed by atoms with E-state index in [0.717, 1.165) is 19.3 Å². The molecule has 1 fully saturated rings. The van der Waals surface area contributed by atoms with Gasteiger partial charge in [0.25, 0.3) is 0 Å². The zero-order chi connectivity index (χ0) is 11.5. The van der Waals surface area contributed by atoms with E-state index in [2.05, 4.69) is 36.7 Å². The smallest absolute Gasteiger partial charge is 0.0693 e. The molecule has 1 aromatic rings. The van der Waals surface area contributed by atoms with Crippen LogP contribution in [-0.4, -0.2) is 17.3 Å². The highest BCUT2D eigenvalue weighted by molar-refractivity contribution is 7.10. The van der Waals surface area contributed by atoms with E-state index in [1.807, 2.05) is 0 Å². The summed E-state index contributed by atoms with van der Waals surface area (Å²) in [5.41, 5.74) is 0. The topological polar surface area (TPSA) is 32.3 Å². The number of hydrogen-bond acceptors (Lipinski definition) is 3. The number of rotatable bonds is 4. The Morgan fingerprint density at radius 3 is 2.75 bits per heavy atom. The minimum absolute atomic E-state index is 0.152. The van der Waals surface area contributed by atoms with Crippen molar-refractivity contribution >= 4 is 11.3 Å². The third kappa shape index (κ3) is 2.65. The van der Waals surface area contributed by atoms with Crippen molar-refractivity contribution < 1.29 is 5.11 Å². The van der Waals surface area contributed by atoms with Gasteiger partial charge < -0.3 is 10.4 Å². The SMILES string of the molecule is CC(C)C(N[C@@H]1CCC[C@H]1O)c1cccs1. The highest BCUT2D eigenvalue weighted by atomic mass is 32.1. The summed E-state index contributed by atoms with van der Waals surface area (Å²) in [6.07, 6.45) is 3.05. The van der Waals surface area contributed by atoms with E-state index in [1.54, 1.807) is 11.3 Å². The predicted octanol–water partition coefficient (Wildman–Crippen LogP) is 2.95. The maximum Gasteiger partial charge on any atom is 0.0693 e. The van der Waals surface area contributed by atoms with Crippen LogP contribution < -0.4 is 5.32 Å². The van der Waals surface area contributed by atoms with Gasteiger partial charge in [-0.05, 0) is 36.6 Å². The minimum atomic E-state index is -0.152. The fourth-order valence-electron chi connectivity index (χ4n) is 2.44. The van der Waals surface area contributed by atoms with Gasteiger partial charge >= 0.3 is 0 Å². The lowest BCUT2D eigenvalue weighted by Crippen LogP contribution is -2.39. The first kappa shape index (κ1) is 12.1. The molecule has 1 aromatic heterocycles. The molecule has 3 atom stereocenters. The molecule has 2 rings (SSSR count). The van der Waals surface area contributed by atoms with Gasteiger partial charge in [-0.3, -0.25) is 0 Å². The molecule has 3 heteroatoms. The van der Waals surface area contributed by atoms with E-state index in [-0.39, 0.29) is 12.1 Å². The third-order valence-electron chi connectivity index (χ3n) is 3.39. The molecular formula is C13H21NOS. The molecule has 0 aromatic carbocycles. The Morgan fingerprint density at radius 1 is 1.44 bits per heavy atom. The highest BCUT2D eigenvalue weighted by Crippen LogP contribution is 2.29. The van der Waals surface area contributed by atoms with E-state index < -0.39 is 0 Å². The van der Waals surface area contributed by atoms with Gasteiger partial charge in [-0.15, -0.1) is 11.3 Å². The standard InChI is InChI=1S/C13H21NOS/c1-9(2)13(12-7-4-8-16-12)14-10-5-3-6-11(10)15/h4,7-11,13-15H,3,5-6H2,1-2H3/t10-,11-,13?/m1/s1. The second-order valence-electron chi connectivity index (χ2n) is 5.01. The van der Waals surface area contributed by atoms with Gasteiger partial charge in [0, 0.05) is 17.0 Å². The van der Waals surface area contributed by atoms with Gasteiger partial charge in [-0.25, -0.2) is 0 Å². The Morgan fingerprint density at radius 2 is 2.25 bits per heavy atom. The second-order valence-corrected chi connectivity index (χ2v) is 5.99. The Bertz CT molecular complexity index is 310. The zero-order valence-corrected chi connectivity index (χ0v) is 10.8. The maximum absolute atomic E-state index is 9.86. The van der Waals surface area contributed by atoms with Crippen LogP contribution >= 0.6 is 11.3 Å². The number of thiophene rings is 1. The van der Waals surface area contributed by atoms with Crippen LogP contribution in [0.3, 0.4) is 0 Å². The third-order valence-corrected chi connectivity index (χ3v) is 4.34. The molecule has 90 valence electrons. The largest absolute Gasteiger partial charge is 0.392 e. The van der Waals surface area contributed by atoms with Crippen molar-refractivity contribution in [3.8, 4) is 0 Å². The van der Waals surface area contributed by atoms with Crippen LogP contribution in [0.2, 0.25) is 0 Å². The summed E-state index contributed by atoms with van der Waals surface area (Å²) in [7, 11) is 0. The Labute approximate surface area is 102 Å². The first-order valence-corrected chi connectivity index (χ1v) is 7.04. The van der Waals surface area contributed by atoms with Gasteiger partial charge in [-0.1, -0.05) is 19.9 Å². The van der Waals surface area contributed by atoms with Gasteiger partial charge in [0.15, 0.2) is 0 Å². The van der Waals surface area contributed by atoms with E-state index in [0.29, 0.717) is 12.0 Å². The van der Waals surface area contributed by atoms with Gasteiger partial charge in [-0.2, -0.15) is 0 Å². The van der Waals surface area contributed by atoms with Crippen LogP contribution in [0.5, 0.6) is 0 Å². The fourth-order valence-corrected chi connectivity index (χ4v) is 3.40. The molecule has 1 unspecified atom stereocenters. The summed E-state index contributed by atoms with van der Waals surface area (Å²) < 4.78 is 0. The average molecular weight is 239 g/mol. The van der Waals surface area contributed by atoms with Crippen molar-refractivity contribution in [3.05, 3.63) is 22.4 Å². The second kappa shape index (κ2) is 5.30. The van der Waals surface area contributed by atoms with Crippen LogP contribution in [0.4, 0.5) is 0 Å². The predicted molar refractivity (Wildman–Crippen MR) is 68.7 cm³/mol. The molecular weight excluding hydrogens is 218 g/mol. The molecule has 0 aliphatic heterocycles. The lowest BCUT2D eigenvalue weighted by Gasteiger charge is -2.27. The molecule has 1 aliphatic carbocycles. The van der Waals surface area contributed by atoms with Crippen LogP contribution in [0.25, 0.3) is 0 Å².